The van der Waals surface area contributed by atoms with Gasteiger partial charge < -0.3 is 15.7 Å². The van der Waals surface area contributed by atoms with Crippen LogP contribution in [0.25, 0.3) is 10.9 Å². The van der Waals surface area contributed by atoms with Gasteiger partial charge in [-0.3, -0.25) is 4.98 Å². The average Bonchev–Trinajstić information content (AvgIpc) is 2.44. The molecule has 0 saturated heterocycles. The summed E-state index contributed by atoms with van der Waals surface area (Å²) in [6, 6.07) is 5.95. The van der Waals surface area contributed by atoms with E-state index in [1.54, 1.807) is 6.20 Å². The maximum Gasteiger partial charge on any atom is 0.0956 e. The highest BCUT2D eigenvalue weighted by atomic mass is 79.9. The van der Waals surface area contributed by atoms with Crippen LogP contribution in [-0.4, -0.2) is 30.3 Å². The minimum atomic E-state index is 0.268. The van der Waals surface area contributed by atoms with Gasteiger partial charge in [0.25, 0.3) is 0 Å². The van der Waals surface area contributed by atoms with Crippen LogP contribution in [0.2, 0.25) is 0 Å². The van der Waals surface area contributed by atoms with Crippen molar-refractivity contribution < 1.29 is 5.11 Å². The Labute approximate surface area is 127 Å². The Kier molecular flexibility index (Phi) is 5.20. The summed E-state index contributed by atoms with van der Waals surface area (Å²) in [5.74, 6) is 0. The lowest BCUT2D eigenvalue weighted by Gasteiger charge is -2.21. The fourth-order valence-corrected chi connectivity index (χ4v) is 2.60. The highest BCUT2D eigenvalue weighted by Crippen LogP contribution is 2.30. The predicted molar refractivity (Wildman–Crippen MR) is 88.1 cm³/mol. The highest BCUT2D eigenvalue weighted by Gasteiger charge is 2.09. The second-order valence-electron chi connectivity index (χ2n) is 4.93. The van der Waals surface area contributed by atoms with Gasteiger partial charge in [-0.15, -0.1) is 0 Å². The zero-order valence-corrected chi connectivity index (χ0v) is 13.2. The van der Waals surface area contributed by atoms with E-state index in [1.165, 1.54) is 0 Å². The number of nitrogen functional groups attached to an aromatic ring is 1. The standard InChI is InChI=1S/C15H20BrN3O/c1-19(7-3-2-4-8-20)14-6-5-13(17)12-9-11(16)10-18-15(12)14/h5-6,9-10,20H,2-4,7-8,17H2,1H3. The van der Waals surface area contributed by atoms with Crippen molar-refractivity contribution >= 4 is 38.2 Å². The monoisotopic (exact) mass is 337 g/mol. The molecule has 4 nitrogen and oxygen atoms in total. The summed E-state index contributed by atoms with van der Waals surface area (Å²) in [4.78, 5) is 6.69. The van der Waals surface area contributed by atoms with Gasteiger partial charge in [0.1, 0.15) is 0 Å². The summed E-state index contributed by atoms with van der Waals surface area (Å²) in [5, 5.41) is 9.78. The zero-order chi connectivity index (χ0) is 14.5. The van der Waals surface area contributed by atoms with Gasteiger partial charge in [-0.05, 0) is 53.4 Å². The van der Waals surface area contributed by atoms with Gasteiger partial charge in [-0.1, -0.05) is 0 Å². The maximum absolute atomic E-state index is 8.80. The van der Waals surface area contributed by atoms with E-state index in [4.69, 9.17) is 10.8 Å². The number of nitrogens with two attached hydrogens (primary N) is 1. The third-order valence-electron chi connectivity index (χ3n) is 3.39. The largest absolute Gasteiger partial charge is 0.398 e. The lowest BCUT2D eigenvalue weighted by atomic mass is 10.1. The Hall–Kier alpha value is -1.33. The molecule has 1 aromatic heterocycles. The summed E-state index contributed by atoms with van der Waals surface area (Å²) < 4.78 is 0.930. The Bertz CT molecular complexity index is 589. The molecule has 3 N–H and O–H groups in total. The quantitative estimate of drug-likeness (QED) is 0.627. The van der Waals surface area contributed by atoms with Crippen LogP contribution < -0.4 is 10.6 Å². The van der Waals surface area contributed by atoms with Gasteiger partial charge in [0.2, 0.25) is 0 Å². The molecule has 1 aromatic carbocycles. The van der Waals surface area contributed by atoms with Crippen molar-refractivity contribution in [2.24, 2.45) is 0 Å². The summed E-state index contributed by atoms with van der Waals surface area (Å²) in [5.41, 5.74) is 8.79. The van der Waals surface area contributed by atoms with E-state index >= 15 is 0 Å². The van der Waals surface area contributed by atoms with E-state index in [0.29, 0.717) is 0 Å². The molecule has 0 bridgehead atoms. The first kappa shape index (κ1) is 15.1. The fraction of sp³-hybridized carbons (Fsp3) is 0.400. The molecular weight excluding hydrogens is 318 g/mol. The highest BCUT2D eigenvalue weighted by molar-refractivity contribution is 9.10. The zero-order valence-electron chi connectivity index (χ0n) is 11.6. The van der Waals surface area contributed by atoms with Crippen LogP contribution in [0.3, 0.4) is 0 Å². The lowest BCUT2D eigenvalue weighted by molar-refractivity contribution is 0.283. The number of unbranched alkanes of at least 4 members (excludes halogenated alkanes) is 2. The molecule has 20 heavy (non-hydrogen) atoms. The molecule has 1 heterocycles. The molecule has 0 fully saturated rings. The molecule has 0 aliphatic rings. The molecule has 0 spiro atoms. The molecule has 0 amide bonds. The van der Waals surface area contributed by atoms with E-state index in [9.17, 15) is 0 Å². The molecule has 5 heteroatoms. The number of fused-ring (bicyclic) bond motifs is 1. The van der Waals surface area contributed by atoms with E-state index in [2.05, 4.69) is 32.9 Å². The van der Waals surface area contributed by atoms with Crippen molar-refractivity contribution in [3.63, 3.8) is 0 Å². The topological polar surface area (TPSA) is 62.4 Å². The number of nitrogens with zero attached hydrogens (tertiary/aromatic N) is 2. The Morgan fingerprint density at radius 3 is 2.85 bits per heavy atom. The molecule has 2 aromatic rings. The smallest absolute Gasteiger partial charge is 0.0956 e. The van der Waals surface area contributed by atoms with Gasteiger partial charge in [-0.25, -0.2) is 0 Å². The lowest BCUT2D eigenvalue weighted by Crippen LogP contribution is -2.19. The number of hydrogen-bond donors (Lipinski definition) is 2. The van der Waals surface area contributed by atoms with Crippen LogP contribution in [0.5, 0.6) is 0 Å². The van der Waals surface area contributed by atoms with Gasteiger partial charge in [0, 0.05) is 41.9 Å². The van der Waals surface area contributed by atoms with E-state index in [0.717, 1.165) is 52.6 Å². The minimum Gasteiger partial charge on any atom is -0.398 e. The molecule has 0 saturated carbocycles. The summed E-state index contributed by atoms with van der Waals surface area (Å²) >= 11 is 3.43. The minimum absolute atomic E-state index is 0.268. The summed E-state index contributed by atoms with van der Waals surface area (Å²) in [6.07, 6.45) is 4.75. The van der Waals surface area contributed by atoms with Gasteiger partial charge in [0.05, 0.1) is 11.2 Å². The fourth-order valence-electron chi connectivity index (χ4n) is 2.27. The molecule has 0 radical (unpaired) electrons. The van der Waals surface area contributed by atoms with Gasteiger partial charge >= 0.3 is 0 Å². The summed E-state index contributed by atoms with van der Waals surface area (Å²) in [7, 11) is 2.06. The van der Waals surface area contributed by atoms with Crippen LogP contribution >= 0.6 is 15.9 Å². The SMILES string of the molecule is CN(CCCCCO)c1ccc(N)c2cc(Br)cnc12. The first-order chi connectivity index (χ1) is 9.63. The Balaban J connectivity index is 2.23. The Morgan fingerprint density at radius 2 is 2.10 bits per heavy atom. The predicted octanol–water partition coefficient (Wildman–Crippen LogP) is 3.18. The molecule has 0 unspecified atom stereocenters. The number of rotatable bonds is 6. The second kappa shape index (κ2) is 6.90. The normalized spacial score (nSPS) is 10.9. The number of hydrogen-bond acceptors (Lipinski definition) is 4. The van der Waals surface area contributed by atoms with Crippen molar-refractivity contribution in [3.8, 4) is 0 Å². The molecule has 2 rings (SSSR count). The van der Waals surface area contributed by atoms with Crippen molar-refractivity contribution in [1.82, 2.24) is 4.98 Å². The van der Waals surface area contributed by atoms with Crippen LogP contribution in [-0.2, 0) is 0 Å². The number of aliphatic hydroxyl groups is 1. The van der Waals surface area contributed by atoms with Crippen molar-refractivity contribution in [2.75, 3.05) is 30.8 Å². The van der Waals surface area contributed by atoms with Crippen LogP contribution in [0.15, 0.2) is 28.9 Å². The first-order valence-electron chi connectivity index (χ1n) is 6.79. The van der Waals surface area contributed by atoms with Crippen LogP contribution in [0.1, 0.15) is 19.3 Å². The maximum atomic E-state index is 8.80. The van der Waals surface area contributed by atoms with Crippen molar-refractivity contribution in [3.05, 3.63) is 28.9 Å². The van der Waals surface area contributed by atoms with Crippen molar-refractivity contribution in [1.29, 1.82) is 0 Å². The third-order valence-corrected chi connectivity index (χ3v) is 3.83. The molecule has 108 valence electrons. The third kappa shape index (κ3) is 3.41. The average molecular weight is 338 g/mol. The number of halogens is 1. The number of anilines is 2. The number of aliphatic hydroxyl groups excluding tert-OH is 1. The molecule has 0 aliphatic heterocycles. The Morgan fingerprint density at radius 1 is 1.30 bits per heavy atom. The van der Waals surface area contributed by atoms with Crippen molar-refractivity contribution in [2.45, 2.75) is 19.3 Å². The van der Waals surface area contributed by atoms with Crippen LogP contribution in [0, 0.1) is 0 Å². The number of aromatic nitrogens is 1. The number of benzene rings is 1. The van der Waals surface area contributed by atoms with E-state index in [-0.39, 0.29) is 6.61 Å². The first-order valence-corrected chi connectivity index (χ1v) is 7.58. The number of pyridine rings is 1. The summed E-state index contributed by atoms with van der Waals surface area (Å²) in [6.45, 7) is 1.21. The van der Waals surface area contributed by atoms with Gasteiger partial charge in [0.15, 0.2) is 0 Å². The molecule has 0 atom stereocenters. The molecule has 0 aliphatic carbocycles. The van der Waals surface area contributed by atoms with Gasteiger partial charge in [-0.2, -0.15) is 0 Å². The second-order valence-corrected chi connectivity index (χ2v) is 5.85. The van der Waals surface area contributed by atoms with E-state index < -0.39 is 0 Å². The molecular formula is C15H20BrN3O. The van der Waals surface area contributed by atoms with E-state index in [1.807, 2.05) is 18.2 Å². The van der Waals surface area contributed by atoms with Crippen LogP contribution in [0.4, 0.5) is 11.4 Å².